The molecular weight excluding hydrogens is 308 g/mol. The molecule has 2 nitrogen and oxygen atoms in total. The number of hydrogen-bond donors (Lipinski definition) is 0. The van der Waals surface area contributed by atoms with Crippen molar-refractivity contribution < 1.29 is 0 Å². The molecule has 0 saturated carbocycles. The maximum Gasteiger partial charge on any atom is 0.133 e. The summed E-state index contributed by atoms with van der Waals surface area (Å²) in [7, 11) is 0. The normalized spacial score (nSPS) is 10.4. The topological polar surface area (TPSA) is 25.8 Å². The molecule has 0 unspecified atom stereocenters. The van der Waals surface area contributed by atoms with Crippen LogP contribution in [0, 0.1) is 6.92 Å². The minimum atomic E-state index is 0.479. The summed E-state index contributed by atoms with van der Waals surface area (Å²) in [6.07, 6.45) is 0. The lowest BCUT2D eigenvalue weighted by Gasteiger charge is -2.02. The van der Waals surface area contributed by atoms with Crippen molar-refractivity contribution in [1.29, 1.82) is 0 Å². The second kappa shape index (κ2) is 5.17. The Kier molecular flexibility index (Phi) is 3.84. The maximum absolute atomic E-state index is 5.87. The molecule has 16 heavy (non-hydrogen) atoms. The van der Waals surface area contributed by atoms with Crippen LogP contribution in [0.15, 0.2) is 44.7 Å². The zero-order valence-electron chi connectivity index (χ0n) is 8.45. The summed E-state index contributed by atoms with van der Waals surface area (Å²) < 4.78 is 1.06. The van der Waals surface area contributed by atoms with Gasteiger partial charge in [0.05, 0.1) is 0 Å². The Balaban J connectivity index is 2.23. The Bertz CT molecular complexity index is 482. The molecule has 0 fully saturated rings. The van der Waals surface area contributed by atoms with Crippen molar-refractivity contribution in [2.45, 2.75) is 16.8 Å². The summed E-state index contributed by atoms with van der Waals surface area (Å²) in [6, 6.07) is 9.82. The van der Waals surface area contributed by atoms with Gasteiger partial charge in [-0.3, -0.25) is 0 Å². The first-order chi connectivity index (χ1) is 7.63. The minimum absolute atomic E-state index is 0.479. The quantitative estimate of drug-likeness (QED) is 0.770. The lowest BCUT2D eigenvalue weighted by atomic mass is 10.4. The Hall–Kier alpha value is -0.580. The number of aromatic nitrogens is 2. The highest BCUT2D eigenvalue weighted by molar-refractivity contribution is 9.10. The molecule has 2 rings (SSSR count). The molecule has 0 bridgehead atoms. The predicted octanol–water partition coefficient (Wildman–Crippen LogP) is 4.35. The van der Waals surface area contributed by atoms with E-state index in [1.165, 1.54) is 0 Å². The van der Waals surface area contributed by atoms with E-state index in [0.717, 1.165) is 14.4 Å². The van der Waals surface area contributed by atoms with E-state index < -0.39 is 0 Å². The van der Waals surface area contributed by atoms with Crippen LogP contribution in [0.25, 0.3) is 0 Å². The number of halogens is 2. The van der Waals surface area contributed by atoms with Gasteiger partial charge in [-0.1, -0.05) is 39.3 Å². The second-order valence-electron chi connectivity index (χ2n) is 3.13. The maximum atomic E-state index is 5.87. The molecule has 0 spiro atoms. The Morgan fingerprint density at radius 2 is 1.88 bits per heavy atom. The summed E-state index contributed by atoms with van der Waals surface area (Å²) in [4.78, 5) is 9.45. The first-order valence-electron chi connectivity index (χ1n) is 4.58. The Labute approximate surface area is 112 Å². The molecule has 1 aromatic heterocycles. The summed E-state index contributed by atoms with van der Waals surface area (Å²) in [5.41, 5.74) is 0. The highest BCUT2D eigenvalue weighted by Gasteiger charge is 2.02. The average Bonchev–Trinajstić information content (AvgIpc) is 2.20. The largest absolute Gasteiger partial charge is 0.226 e. The second-order valence-corrected chi connectivity index (χ2v) is 5.53. The molecule has 1 heterocycles. The predicted molar refractivity (Wildman–Crippen MR) is 70.0 cm³/mol. The van der Waals surface area contributed by atoms with E-state index in [1.54, 1.807) is 17.8 Å². The zero-order valence-corrected chi connectivity index (χ0v) is 11.6. The fourth-order valence-corrected chi connectivity index (χ4v) is 2.60. The molecular formula is C11H8BrClN2S. The SMILES string of the molecule is Cc1nc(Cl)cc(Sc2ccc(Br)cc2)n1. The van der Waals surface area contributed by atoms with Gasteiger partial charge in [-0.15, -0.1) is 0 Å². The summed E-state index contributed by atoms with van der Waals surface area (Å²) in [5, 5.41) is 1.34. The first kappa shape index (κ1) is 11.9. The molecule has 0 atom stereocenters. The molecule has 2 aromatic rings. The van der Waals surface area contributed by atoms with Crippen LogP contribution in [0.4, 0.5) is 0 Å². The number of nitrogens with zero attached hydrogens (tertiary/aromatic N) is 2. The van der Waals surface area contributed by atoms with Crippen molar-refractivity contribution >= 4 is 39.3 Å². The van der Waals surface area contributed by atoms with E-state index in [2.05, 4.69) is 25.9 Å². The van der Waals surface area contributed by atoms with Crippen LogP contribution in [-0.2, 0) is 0 Å². The summed E-state index contributed by atoms with van der Waals surface area (Å²) in [6.45, 7) is 1.83. The van der Waals surface area contributed by atoms with Gasteiger partial charge >= 0.3 is 0 Å². The van der Waals surface area contributed by atoms with Crippen LogP contribution in [0.2, 0.25) is 5.15 Å². The molecule has 0 saturated heterocycles. The Morgan fingerprint density at radius 3 is 2.50 bits per heavy atom. The monoisotopic (exact) mass is 314 g/mol. The molecule has 0 radical (unpaired) electrons. The molecule has 0 aliphatic carbocycles. The van der Waals surface area contributed by atoms with E-state index in [-0.39, 0.29) is 0 Å². The number of hydrogen-bond acceptors (Lipinski definition) is 3. The standard InChI is InChI=1S/C11H8BrClN2S/c1-7-14-10(13)6-11(15-7)16-9-4-2-8(12)3-5-9/h2-6H,1H3. The molecule has 0 N–H and O–H groups in total. The third kappa shape index (κ3) is 3.20. The van der Waals surface area contributed by atoms with Crippen molar-refractivity contribution in [2.75, 3.05) is 0 Å². The van der Waals surface area contributed by atoms with E-state index >= 15 is 0 Å². The van der Waals surface area contributed by atoms with Crippen molar-refractivity contribution in [3.63, 3.8) is 0 Å². The number of aryl methyl sites for hydroxylation is 1. The summed E-state index contributed by atoms with van der Waals surface area (Å²) in [5.74, 6) is 0.687. The smallest absolute Gasteiger partial charge is 0.133 e. The van der Waals surface area contributed by atoms with Gasteiger partial charge in [0, 0.05) is 15.4 Å². The van der Waals surface area contributed by atoms with Crippen LogP contribution in [0.1, 0.15) is 5.82 Å². The lowest BCUT2D eigenvalue weighted by molar-refractivity contribution is 0.968. The van der Waals surface area contributed by atoms with Crippen molar-refractivity contribution in [3.05, 3.63) is 45.8 Å². The van der Waals surface area contributed by atoms with E-state index in [9.17, 15) is 0 Å². The third-order valence-electron chi connectivity index (χ3n) is 1.82. The average molecular weight is 316 g/mol. The van der Waals surface area contributed by atoms with E-state index in [4.69, 9.17) is 11.6 Å². The van der Waals surface area contributed by atoms with Crippen molar-refractivity contribution in [3.8, 4) is 0 Å². The van der Waals surface area contributed by atoms with Gasteiger partial charge in [0.1, 0.15) is 16.0 Å². The fourth-order valence-electron chi connectivity index (χ4n) is 1.18. The van der Waals surface area contributed by atoms with Crippen LogP contribution in [0.5, 0.6) is 0 Å². The van der Waals surface area contributed by atoms with Crippen LogP contribution < -0.4 is 0 Å². The number of rotatable bonds is 2. The van der Waals surface area contributed by atoms with Crippen molar-refractivity contribution in [2.24, 2.45) is 0 Å². The fraction of sp³-hybridized carbons (Fsp3) is 0.0909. The molecule has 0 amide bonds. The Morgan fingerprint density at radius 1 is 1.19 bits per heavy atom. The van der Waals surface area contributed by atoms with Gasteiger partial charge in [-0.2, -0.15) is 0 Å². The van der Waals surface area contributed by atoms with Gasteiger partial charge in [0.25, 0.3) is 0 Å². The molecule has 0 aliphatic heterocycles. The molecule has 5 heteroatoms. The van der Waals surface area contributed by atoms with Gasteiger partial charge in [0.15, 0.2) is 0 Å². The molecule has 0 aliphatic rings. The van der Waals surface area contributed by atoms with Gasteiger partial charge < -0.3 is 0 Å². The van der Waals surface area contributed by atoms with Gasteiger partial charge in [0.2, 0.25) is 0 Å². The van der Waals surface area contributed by atoms with E-state index in [1.807, 2.05) is 31.2 Å². The lowest BCUT2D eigenvalue weighted by Crippen LogP contribution is -1.89. The van der Waals surface area contributed by atoms with Crippen LogP contribution >= 0.6 is 39.3 Å². The minimum Gasteiger partial charge on any atom is -0.226 e. The van der Waals surface area contributed by atoms with Gasteiger partial charge in [-0.05, 0) is 31.2 Å². The highest BCUT2D eigenvalue weighted by atomic mass is 79.9. The zero-order chi connectivity index (χ0) is 11.5. The molecule has 1 aromatic carbocycles. The van der Waals surface area contributed by atoms with Gasteiger partial charge in [-0.25, -0.2) is 9.97 Å². The first-order valence-corrected chi connectivity index (χ1v) is 6.57. The van der Waals surface area contributed by atoms with Crippen LogP contribution in [-0.4, -0.2) is 9.97 Å². The number of benzene rings is 1. The molecule has 82 valence electrons. The van der Waals surface area contributed by atoms with E-state index in [0.29, 0.717) is 11.0 Å². The highest BCUT2D eigenvalue weighted by Crippen LogP contribution is 2.28. The third-order valence-corrected chi connectivity index (χ3v) is 3.47. The summed E-state index contributed by atoms with van der Waals surface area (Å²) >= 11 is 10.8. The van der Waals surface area contributed by atoms with Crippen molar-refractivity contribution in [1.82, 2.24) is 9.97 Å². The van der Waals surface area contributed by atoms with Crippen LogP contribution in [0.3, 0.4) is 0 Å².